The van der Waals surface area contributed by atoms with Crippen LogP contribution in [-0.4, -0.2) is 7.11 Å². The van der Waals surface area contributed by atoms with Crippen LogP contribution in [0.25, 0.3) is 6.08 Å². The van der Waals surface area contributed by atoms with Crippen molar-refractivity contribution in [3.8, 4) is 11.8 Å². The predicted molar refractivity (Wildman–Crippen MR) is 52.4 cm³/mol. The summed E-state index contributed by atoms with van der Waals surface area (Å²) < 4.78 is 5.14. The normalized spacial score (nSPS) is 9.92. The minimum atomic E-state index is 0.789. The van der Waals surface area contributed by atoms with Gasteiger partial charge >= 0.3 is 0 Å². The molecule has 2 nitrogen and oxygen atoms in total. The van der Waals surface area contributed by atoms with Crippen LogP contribution in [0.4, 0.5) is 0 Å². The first-order valence-corrected chi connectivity index (χ1v) is 3.98. The molecule has 13 heavy (non-hydrogen) atoms. The van der Waals surface area contributed by atoms with Crippen LogP contribution in [0, 0.1) is 18.3 Å². The van der Waals surface area contributed by atoms with E-state index >= 15 is 0 Å². The number of methoxy groups -OCH3 is 1. The summed E-state index contributed by atoms with van der Waals surface area (Å²) in [6.45, 7) is 2.00. The smallest absolute Gasteiger partial charge is 0.126 e. The third-order valence-electron chi connectivity index (χ3n) is 1.72. The molecule has 1 aromatic rings. The Labute approximate surface area is 78.1 Å². The van der Waals surface area contributed by atoms with E-state index in [2.05, 4.69) is 0 Å². The molecule has 0 radical (unpaired) electrons. The van der Waals surface area contributed by atoms with Gasteiger partial charge in [-0.3, -0.25) is 0 Å². The van der Waals surface area contributed by atoms with Gasteiger partial charge in [-0.25, -0.2) is 0 Å². The Bertz CT molecular complexity index is 361. The summed E-state index contributed by atoms with van der Waals surface area (Å²) in [7, 11) is 1.62. The molecule has 2 heteroatoms. The van der Waals surface area contributed by atoms with Crippen LogP contribution in [-0.2, 0) is 0 Å². The highest BCUT2D eigenvalue weighted by Gasteiger charge is 1.98. The summed E-state index contributed by atoms with van der Waals surface area (Å²) in [5, 5.41) is 8.38. The van der Waals surface area contributed by atoms with Crippen LogP contribution in [0.5, 0.6) is 5.75 Å². The molecule has 0 heterocycles. The lowest BCUT2D eigenvalue weighted by atomic mass is 10.1. The zero-order valence-electron chi connectivity index (χ0n) is 7.74. The number of hydrogen-bond donors (Lipinski definition) is 0. The molecule has 0 unspecified atom stereocenters. The SMILES string of the molecule is COc1ccc(C)cc1C=CC#N. The Balaban J connectivity index is 3.10. The zero-order chi connectivity index (χ0) is 9.68. The molecule has 0 aliphatic rings. The maximum atomic E-state index is 8.38. The van der Waals surface area contributed by atoms with E-state index in [1.165, 1.54) is 6.08 Å². The fourth-order valence-corrected chi connectivity index (χ4v) is 1.11. The molecular weight excluding hydrogens is 162 g/mol. The maximum Gasteiger partial charge on any atom is 0.126 e. The van der Waals surface area contributed by atoms with E-state index in [4.69, 9.17) is 10.00 Å². The molecule has 1 aromatic carbocycles. The number of nitriles is 1. The Morgan fingerprint density at radius 2 is 2.23 bits per heavy atom. The average molecular weight is 173 g/mol. The third-order valence-corrected chi connectivity index (χ3v) is 1.72. The van der Waals surface area contributed by atoms with Gasteiger partial charge in [-0.15, -0.1) is 0 Å². The maximum absolute atomic E-state index is 8.38. The standard InChI is InChI=1S/C11H11NO/c1-9-5-6-11(13-2)10(8-9)4-3-7-12/h3-6,8H,1-2H3. The monoisotopic (exact) mass is 173 g/mol. The zero-order valence-corrected chi connectivity index (χ0v) is 7.74. The van der Waals surface area contributed by atoms with Gasteiger partial charge in [-0.1, -0.05) is 11.6 Å². The summed E-state index contributed by atoms with van der Waals surface area (Å²) in [6, 6.07) is 7.80. The Morgan fingerprint density at radius 3 is 2.85 bits per heavy atom. The van der Waals surface area contributed by atoms with Gasteiger partial charge in [0.25, 0.3) is 0 Å². The molecule has 0 saturated carbocycles. The second kappa shape index (κ2) is 4.32. The van der Waals surface area contributed by atoms with Gasteiger partial charge in [0, 0.05) is 11.6 Å². The number of ether oxygens (including phenoxy) is 1. The van der Waals surface area contributed by atoms with E-state index in [0.29, 0.717) is 0 Å². The summed E-state index contributed by atoms with van der Waals surface area (Å²) in [5.74, 6) is 0.789. The summed E-state index contributed by atoms with van der Waals surface area (Å²) in [4.78, 5) is 0. The molecule has 0 bridgehead atoms. The van der Waals surface area contributed by atoms with Crippen LogP contribution in [0.15, 0.2) is 24.3 Å². The molecular formula is C11H11NO. The lowest BCUT2D eigenvalue weighted by molar-refractivity contribution is 0.414. The first-order valence-electron chi connectivity index (χ1n) is 3.98. The number of rotatable bonds is 2. The van der Waals surface area contributed by atoms with Crippen LogP contribution in [0.1, 0.15) is 11.1 Å². The van der Waals surface area contributed by atoms with Gasteiger partial charge < -0.3 is 4.74 Å². The minimum absolute atomic E-state index is 0.789. The van der Waals surface area contributed by atoms with Crippen molar-refractivity contribution < 1.29 is 4.74 Å². The molecule has 0 aliphatic carbocycles. The van der Waals surface area contributed by atoms with Crippen molar-refractivity contribution in [2.45, 2.75) is 6.92 Å². The molecule has 1 rings (SSSR count). The van der Waals surface area contributed by atoms with E-state index in [0.717, 1.165) is 16.9 Å². The summed E-state index contributed by atoms with van der Waals surface area (Å²) in [6.07, 6.45) is 3.18. The Kier molecular flexibility index (Phi) is 3.10. The summed E-state index contributed by atoms with van der Waals surface area (Å²) in [5.41, 5.74) is 2.09. The third kappa shape index (κ3) is 2.34. The largest absolute Gasteiger partial charge is 0.496 e. The number of aryl methyl sites for hydroxylation is 1. The van der Waals surface area contributed by atoms with E-state index in [-0.39, 0.29) is 0 Å². The fourth-order valence-electron chi connectivity index (χ4n) is 1.11. The van der Waals surface area contributed by atoms with Crippen molar-refractivity contribution in [1.29, 1.82) is 5.26 Å². The minimum Gasteiger partial charge on any atom is -0.496 e. The quantitative estimate of drug-likeness (QED) is 0.644. The fraction of sp³-hybridized carbons (Fsp3) is 0.182. The molecule has 0 aliphatic heterocycles. The van der Waals surface area contributed by atoms with Crippen LogP contribution < -0.4 is 4.74 Å². The van der Waals surface area contributed by atoms with Gasteiger partial charge in [0.15, 0.2) is 0 Å². The number of hydrogen-bond acceptors (Lipinski definition) is 2. The van der Waals surface area contributed by atoms with Crippen molar-refractivity contribution in [2.24, 2.45) is 0 Å². The lowest BCUT2D eigenvalue weighted by Gasteiger charge is -2.04. The Hall–Kier alpha value is -1.75. The lowest BCUT2D eigenvalue weighted by Crippen LogP contribution is -1.87. The summed E-state index contributed by atoms with van der Waals surface area (Å²) >= 11 is 0. The van der Waals surface area contributed by atoms with Crippen molar-refractivity contribution in [1.82, 2.24) is 0 Å². The molecule has 0 fully saturated rings. The van der Waals surface area contributed by atoms with Crippen molar-refractivity contribution >= 4 is 6.08 Å². The topological polar surface area (TPSA) is 33.0 Å². The van der Waals surface area contributed by atoms with Crippen LogP contribution >= 0.6 is 0 Å². The predicted octanol–water partition coefficient (Wildman–Crippen LogP) is 2.54. The molecule has 0 atom stereocenters. The van der Waals surface area contributed by atoms with Gasteiger partial charge in [-0.2, -0.15) is 5.26 Å². The molecule has 0 amide bonds. The molecule has 0 aromatic heterocycles. The van der Waals surface area contributed by atoms with Gasteiger partial charge in [0.2, 0.25) is 0 Å². The second-order valence-electron chi connectivity index (χ2n) is 2.71. The number of benzene rings is 1. The highest BCUT2D eigenvalue weighted by Crippen LogP contribution is 2.20. The highest BCUT2D eigenvalue weighted by molar-refractivity contribution is 5.59. The second-order valence-corrected chi connectivity index (χ2v) is 2.71. The van der Waals surface area contributed by atoms with Crippen molar-refractivity contribution in [2.75, 3.05) is 7.11 Å². The highest BCUT2D eigenvalue weighted by atomic mass is 16.5. The Morgan fingerprint density at radius 1 is 1.46 bits per heavy atom. The van der Waals surface area contributed by atoms with Gasteiger partial charge in [0.1, 0.15) is 5.75 Å². The van der Waals surface area contributed by atoms with Crippen LogP contribution in [0.2, 0.25) is 0 Å². The molecule has 0 saturated heterocycles. The van der Waals surface area contributed by atoms with E-state index in [1.54, 1.807) is 13.2 Å². The van der Waals surface area contributed by atoms with Gasteiger partial charge in [0.05, 0.1) is 13.2 Å². The first kappa shape index (κ1) is 9.34. The first-order chi connectivity index (χ1) is 6.27. The van der Waals surface area contributed by atoms with Gasteiger partial charge in [-0.05, 0) is 25.1 Å². The van der Waals surface area contributed by atoms with E-state index < -0.39 is 0 Å². The van der Waals surface area contributed by atoms with E-state index in [9.17, 15) is 0 Å². The molecule has 0 N–H and O–H groups in total. The number of nitrogens with zero attached hydrogens (tertiary/aromatic N) is 1. The van der Waals surface area contributed by atoms with Crippen LogP contribution in [0.3, 0.4) is 0 Å². The molecule has 66 valence electrons. The van der Waals surface area contributed by atoms with Crippen molar-refractivity contribution in [3.63, 3.8) is 0 Å². The average Bonchev–Trinajstić information content (AvgIpc) is 2.15. The molecule has 0 spiro atoms. The van der Waals surface area contributed by atoms with Crippen molar-refractivity contribution in [3.05, 3.63) is 35.4 Å². The number of allylic oxidation sites excluding steroid dienone is 1. The van der Waals surface area contributed by atoms with E-state index in [1.807, 2.05) is 31.2 Å².